The highest BCUT2D eigenvalue weighted by molar-refractivity contribution is 6.32. The molecule has 86 valence electrons. The summed E-state index contributed by atoms with van der Waals surface area (Å²) in [7, 11) is 0. The van der Waals surface area contributed by atoms with E-state index in [9.17, 15) is 0 Å². The van der Waals surface area contributed by atoms with Gasteiger partial charge in [0.25, 0.3) is 0 Å². The van der Waals surface area contributed by atoms with Crippen LogP contribution in [0.1, 0.15) is 5.69 Å². The Morgan fingerprint density at radius 2 is 2.00 bits per heavy atom. The summed E-state index contributed by atoms with van der Waals surface area (Å²) >= 11 is 11.7. The summed E-state index contributed by atoms with van der Waals surface area (Å²) in [6.45, 7) is 2.40. The summed E-state index contributed by atoms with van der Waals surface area (Å²) in [6.07, 6.45) is 7.09. The zero-order chi connectivity index (χ0) is 12.4. The predicted molar refractivity (Wildman–Crippen MR) is 69.0 cm³/mol. The first-order chi connectivity index (χ1) is 8.11. The molecule has 2 rings (SSSR count). The largest absolute Gasteiger partial charge is 0.317 e. The normalized spacial score (nSPS) is 10.2. The van der Waals surface area contributed by atoms with E-state index in [0.717, 1.165) is 17.1 Å². The average molecular weight is 266 g/mol. The Balaban J connectivity index is 2.57. The second-order valence-corrected chi connectivity index (χ2v) is 4.29. The van der Waals surface area contributed by atoms with Crippen molar-refractivity contribution >= 4 is 23.2 Å². The maximum absolute atomic E-state index is 5.86. The quantitative estimate of drug-likeness (QED) is 0.617. The summed E-state index contributed by atoms with van der Waals surface area (Å²) in [6, 6.07) is 3.42. The van der Waals surface area contributed by atoms with E-state index in [-0.39, 0.29) is 0 Å². The molecular formula is C12H9Cl2N3. The molecule has 0 radical (unpaired) electrons. The van der Waals surface area contributed by atoms with Gasteiger partial charge in [-0.3, -0.25) is 0 Å². The van der Waals surface area contributed by atoms with Crippen LogP contribution < -0.4 is 0 Å². The van der Waals surface area contributed by atoms with Gasteiger partial charge in [0, 0.05) is 17.5 Å². The minimum absolute atomic E-state index is 0.334. The molecule has 0 atom stereocenters. The molecule has 0 spiro atoms. The van der Waals surface area contributed by atoms with Gasteiger partial charge in [-0.25, -0.2) is 9.97 Å². The maximum Gasteiger partial charge on any atom is 0.141 e. The van der Waals surface area contributed by atoms with E-state index in [0.29, 0.717) is 16.9 Å². The molecule has 0 N–H and O–H groups in total. The molecule has 0 bridgehead atoms. The maximum atomic E-state index is 5.86. The lowest BCUT2D eigenvalue weighted by atomic mass is 10.2. The fourth-order valence-electron chi connectivity index (χ4n) is 1.58. The predicted octanol–water partition coefficient (Wildman–Crippen LogP) is 3.19. The van der Waals surface area contributed by atoms with Crippen molar-refractivity contribution < 1.29 is 0 Å². The van der Waals surface area contributed by atoms with E-state index < -0.39 is 0 Å². The van der Waals surface area contributed by atoms with Crippen molar-refractivity contribution in [2.45, 2.75) is 13.5 Å². The van der Waals surface area contributed by atoms with Crippen molar-refractivity contribution in [2.24, 2.45) is 0 Å². The Labute approximate surface area is 109 Å². The molecule has 5 heteroatoms. The van der Waals surface area contributed by atoms with Crippen LogP contribution >= 0.6 is 23.2 Å². The number of terminal acetylenes is 1. The Bertz CT molecular complexity index is 576. The van der Waals surface area contributed by atoms with Crippen molar-refractivity contribution in [1.29, 1.82) is 0 Å². The molecule has 0 fully saturated rings. The number of hydrogen-bond donors (Lipinski definition) is 0. The third-order valence-corrected chi connectivity index (χ3v) is 2.71. The van der Waals surface area contributed by atoms with E-state index in [1.54, 1.807) is 18.3 Å². The summed E-state index contributed by atoms with van der Waals surface area (Å²) in [5, 5.41) is 0.667. The first kappa shape index (κ1) is 12.0. The molecule has 3 nitrogen and oxygen atoms in total. The zero-order valence-corrected chi connectivity index (χ0v) is 10.6. The SMILES string of the molecule is C#CCn1c(C)cnc1-c1cc(Cl)nc(Cl)c1. The van der Waals surface area contributed by atoms with Crippen molar-refractivity contribution in [3.8, 4) is 23.7 Å². The Morgan fingerprint density at radius 1 is 1.35 bits per heavy atom. The highest BCUT2D eigenvalue weighted by atomic mass is 35.5. The first-order valence-electron chi connectivity index (χ1n) is 4.91. The molecule has 0 aliphatic rings. The third-order valence-electron chi connectivity index (χ3n) is 2.33. The first-order valence-corrected chi connectivity index (χ1v) is 5.66. The molecule has 0 aliphatic heterocycles. The van der Waals surface area contributed by atoms with Crippen LogP contribution in [-0.2, 0) is 6.54 Å². The van der Waals surface area contributed by atoms with Gasteiger partial charge in [-0.15, -0.1) is 6.42 Å². The van der Waals surface area contributed by atoms with Crippen LogP contribution in [-0.4, -0.2) is 14.5 Å². The van der Waals surface area contributed by atoms with Gasteiger partial charge in [0.2, 0.25) is 0 Å². The highest BCUT2D eigenvalue weighted by Gasteiger charge is 2.10. The molecular weight excluding hydrogens is 257 g/mol. The molecule has 0 amide bonds. The third kappa shape index (κ3) is 2.44. The standard InChI is InChI=1S/C12H9Cl2N3/c1-3-4-17-8(2)7-15-12(17)9-5-10(13)16-11(14)6-9/h1,5-7H,4H2,2H3. The Hall–Kier alpha value is -1.50. The van der Waals surface area contributed by atoms with Crippen LogP contribution in [0.25, 0.3) is 11.4 Å². The average Bonchev–Trinajstić information content (AvgIpc) is 2.60. The number of pyridine rings is 1. The molecule has 0 aromatic carbocycles. The lowest BCUT2D eigenvalue weighted by molar-refractivity contribution is 0.818. The molecule has 0 aliphatic carbocycles. The summed E-state index contributed by atoms with van der Waals surface area (Å²) < 4.78 is 1.92. The van der Waals surface area contributed by atoms with E-state index in [2.05, 4.69) is 15.9 Å². The van der Waals surface area contributed by atoms with Crippen LogP contribution in [0.4, 0.5) is 0 Å². The van der Waals surface area contributed by atoms with Gasteiger partial charge in [0.05, 0.1) is 6.54 Å². The number of imidazole rings is 1. The smallest absolute Gasteiger partial charge is 0.141 e. The van der Waals surface area contributed by atoms with Crippen LogP contribution in [0.3, 0.4) is 0 Å². The number of nitrogens with zero attached hydrogens (tertiary/aromatic N) is 3. The molecule has 0 unspecified atom stereocenters. The number of rotatable bonds is 2. The molecule has 2 heterocycles. The summed E-state index contributed by atoms with van der Waals surface area (Å²) in [4.78, 5) is 8.20. The lowest BCUT2D eigenvalue weighted by Crippen LogP contribution is -2.01. The number of aryl methyl sites for hydroxylation is 1. The van der Waals surface area contributed by atoms with Crippen LogP contribution in [0.5, 0.6) is 0 Å². The second kappa shape index (κ2) is 4.79. The fraction of sp³-hybridized carbons (Fsp3) is 0.167. The minimum atomic E-state index is 0.334. The van der Waals surface area contributed by atoms with Gasteiger partial charge in [0.1, 0.15) is 16.1 Å². The molecule has 0 saturated carbocycles. The van der Waals surface area contributed by atoms with Crippen LogP contribution in [0.15, 0.2) is 18.3 Å². The molecule has 17 heavy (non-hydrogen) atoms. The van der Waals surface area contributed by atoms with Crippen molar-refractivity contribution in [3.63, 3.8) is 0 Å². The summed E-state index contributed by atoms with van der Waals surface area (Å²) in [5.74, 6) is 3.33. The van der Waals surface area contributed by atoms with Crippen LogP contribution in [0, 0.1) is 19.3 Å². The van der Waals surface area contributed by atoms with Crippen molar-refractivity contribution in [3.05, 3.63) is 34.3 Å². The van der Waals surface area contributed by atoms with Gasteiger partial charge in [-0.1, -0.05) is 29.1 Å². The molecule has 2 aromatic rings. The number of halogens is 2. The van der Waals surface area contributed by atoms with Gasteiger partial charge in [-0.2, -0.15) is 0 Å². The monoisotopic (exact) mass is 265 g/mol. The van der Waals surface area contributed by atoms with Gasteiger partial charge >= 0.3 is 0 Å². The van der Waals surface area contributed by atoms with Gasteiger partial charge < -0.3 is 4.57 Å². The molecule has 2 aromatic heterocycles. The fourth-order valence-corrected chi connectivity index (χ4v) is 2.04. The van der Waals surface area contributed by atoms with E-state index in [1.807, 2.05) is 11.5 Å². The van der Waals surface area contributed by atoms with Crippen molar-refractivity contribution in [1.82, 2.24) is 14.5 Å². The number of aromatic nitrogens is 3. The minimum Gasteiger partial charge on any atom is -0.317 e. The van der Waals surface area contributed by atoms with Gasteiger partial charge in [0.15, 0.2) is 0 Å². The van der Waals surface area contributed by atoms with Crippen LogP contribution in [0.2, 0.25) is 10.3 Å². The van der Waals surface area contributed by atoms with E-state index >= 15 is 0 Å². The van der Waals surface area contributed by atoms with E-state index in [4.69, 9.17) is 29.6 Å². The Kier molecular flexibility index (Phi) is 3.37. The topological polar surface area (TPSA) is 30.7 Å². The molecule has 0 saturated heterocycles. The van der Waals surface area contributed by atoms with Crippen molar-refractivity contribution in [2.75, 3.05) is 0 Å². The summed E-state index contributed by atoms with van der Waals surface area (Å²) in [5.41, 5.74) is 1.79. The second-order valence-electron chi connectivity index (χ2n) is 3.51. The van der Waals surface area contributed by atoms with Gasteiger partial charge in [-0.05, 0) is 19.1 Å². The van der Waals surface area contributed by atoms with E-state index in [1.165, 1.54) is 0 Å². The zero-order valence-electron chi connectivity index (χ0n) is 9.11. The Morgan fingerprint density at radius 3 is 2.59 bits per heavy atom. The number of hydrogen-bond acceptors (Lipinski definition) is 2. The highest BCUT2D eigenvalue weighted by Crippen LogP contribution is 2.24. The lowest BCUT2D eigenvalue weighted by Gasteiger charge is -2.07.